The number of fused-ring (bicyclic) bond motifs is 1. The highest BCUT2D eigenvalue weighted by Crippen LogP contribution is 2.40. The minimum absolute atomic E-state index is 0.0570. The number of nitrogens with zero attached hydrogens (tertiary/aromatic N) is 1. The number of benzene rings is 4. The third kappa shape index (κ3) is 4.65. The van der Waals surface area contributed by atoms with Crippen molar-refractivity contribution < 1.29 is 9.53 Å². The van der Waals surface area contributed by atoms with Crippen molar-refractivity contribution in [2.75, 3.05) is 11.9 Å². The van der Waals surface area contributed by atoms with Crippen LogP contribution < -0.4 is 10.1 Å². The summed E-state index contributed by atoms with van der Waals surface area (Å²) < 4.78 is 6.01. The van der Waals surface area contributed by atoms with E-state index in [1.165, 1.54) is 5.56 Å². The fourth-order valence-electron chi connectivity index (χ4n) is 4.84. The summed E-state index contributed by atoms with van der Waals surface area (Å²) >= 11 is 0. The average molecular weight is 463 g/mol. The first kappa shape index (κ1) is 22.7. The Labute approximate surface area is 207 Å². The molecule has 35 heavy (non-hydrogen) atoms. The summed E-state index contributed by atoms with van der Waals surface area (Å²) in [6, 6.07) is 36.4. The maximum atomic E-state index is 13.8. The molecule has 0 aromatic heterocycles. The normalized spacial score (nSPS) is 16.9. The summed E-state index contributed by atoms with van der Waals surface area (Å²) in [7, 11) is 0. The second-order valence-electron chi connectivity index (χ2n) is 8.88. The van der Waals surface area contributed by atoms with E-state index in [4.69, 9.17) is 4.74 Å². The van der Waals surface area contributed by atoms with E-state index in [1.807, 2.05) is 77.7 Å². The van der Waals surface area contributed by atoms with Crippen LogP contribution in [0.15, 0.2) is 109 Å². The van der Waals surface area contributed by atoms with Crippen LogP contribution in [0.2, 0.25) is 0 Å². The summed E-state index contributed by atoms with van der Waals surface area (Å²) in [5.41, 5.74) is 4.34. The lowest BCUT2D eigenvalue weighted by molar-refractivity contribution is 0.0487. The van der Waals surface area contributed by atoms with Gasteiger partial charge in [-0.05, 0) is 53.8 Å². The van der Waals surface area contributed by atoms with Crippen LogP contribution in [-0.4, -0.2) is 17.4 Å². The van der Waals surface area contributed by atoms with Gasteiger partial charge < -0.3 is 15.0 Å². The first-order valence-corrected chi connectivity index (χ1v) is 12.2. The van der Waals surface area contributed by atoms with Gasteiger partial charge in [-0.3, -0.25) is 4.79 Å². The molecule has 0 saturated heterocycles. The van der Waals surface area contributed by atoms with Crippen molar-refractivity contribution in [1.82, 2.24) is 4.90 Å². The Balaban J connectivity index is 1.44. The largest absolute Gasteiger partial charge is 0.489 e. The lowest BCUT2D eigenvalue weighted by Crippen LogP contribution is -2.57. The summed E-state index contributed by atoms with van der Waals surface area (Å²) in [5, 5.41) is 3.73. The predicted molar refractivity (Wildman–Crippen MR) is 140 cm³/mol. The van der Waals surface area contributed by atoms with Gasteiger partial charge in [-0.2, -0.15) is 0 Å². The first-order valence-electron chi connectivity index (χ1n) is 12.2. The third-order valence-electron chi connectivity index (χ3n) is 6.76. The lowest BCUT2D eigenvalue weighted by atomic mass is 9.89. The molecule has 0 bridgehead atoms. The van der Waals surface area contributed by atoms with Crippen molar-refractivity contribution in [3.8, 4) is 5.75 Å². The molecule has 1 amide bonds. The van der Waals surface area contributed by atoms with E-state index >= 15 is 0 Å². The number of hydrogen-bond acceptors (Lipinski definition) is 3. The number of ether oxygens (including phenoxy) is 1. The van der Waals surface area contributed by atoms with E-state index in [9.17, 15) is 4.79 Å². The Morgan fingerprint density at radius 2 is 1.40 bits per heavy atom. The molecule has 5 rings (SSSR count). The molecule has 0 aliphatic carbocycles. The molecule has 0 spiro atoms. The average Bonchev–Trinajstić information content (AvgIpc) is 2.93. The van der Waals surface area contributed by atoms with Crippen LogP contribution in [0.5, 0.6) is 5.75 Å². The number of carbonyl (C=O) groups is 1. The number of hydrogen-bond donors (Lipinski definition) is 1. The molecule has 1 aliphatic rings. The van der Waals surface area contributed by atoms with Gasteiger partial charge in [0.2, 0.25) is 0 Å². The monoisotopic (exact) mass is 462 g/mol. The molecule has 4 nitrogen and oxygen atoms in total. The molecular weight excluding hydrogens is 432 g/mol. The van der Waals surface area contributed by atoms with Gasteiger partial charge in [0.15, 0.2) is 0 Å². The number of para-hydroxylation sites is 1. The molecular formula is C31H30N2O2. The number of anilines is 1. The van der Waals surface area contributed by atoms with Gasteiger partial charge in [0, 0.05) is 12.2 Å². The quantitative estimate of drug-likeness (QED) is 0.319. The van der Waals surface area contributed by atoms with Crippen LogP contribution in [-0.2, 0) is 18.7 Å². The molecule has 1 heterocycles. The fraction of sp³-hybridized carbons (Fsp3) is 0.194. The van der Waals surface area contributed by atoms with E-state index in [0.717, 1.165) is 35.4 Å². The predicted octanol–water partition coefficient (Wildman–Crippen LogP) is 6.64. The van der Waals surface area contributed by atoms with Crippen molar-refractivity contribution in [1.29, 1.82) is 0 Å². The molecule has 176 valence electrons. The van der Waals surface area contributed by atoms with Crippen LogP contribution in [0.1, 0.15) is 40.4 Å². The zero-order valence-corrected chi connectivity index (χ0v) is 20.0. The molecule has 0 fully saturated rings. The summed E-state index contributed by atoms with van der Waals surface area (Å²) in [6.45, 7) is 3.26. The topological polar surface area (TPSA) is 41.6 Å². The van der Waals surface area contributed by atoms with Gasteiger partial charge in [-0.25, -0.2) is 0 Å². The Morgan fingerprint density at radius 1 is 0.771 bits per heavy atom. The van der Waals surface area contributed by atoms with Crippen molar-refractivity contribution >= 4 is 11.6 Å². The molecule has 1 atom stereocenters. The Kier molecular flexibility index (Phi) is 6.53. The summed E-state index contributed by atoms with van der Waals surface area (Å²) in [5.74, 6) is 0.865. The number of carbonyl (C=O) groups excluding carboxylic acids is 1. The lowest BCUT2D eigenvalue weighted by Gasteiger charge is -2.48. The van der Waals surface area contributed by atoms with Crippen molar-refractivity contribution in [3.63, 3.8) is 0 Å². The third-order valence-corrected chi connectivity index (χ3v) is 6.76. The van der Waals surface area contributed by atoms with E-state index in [0.29, 0.717) is 18.7 Å². The van der Waals surface area contributed by atoms with Gasteiger partial charge in [0.05, 0.1) is 5.56 Å². The van der Waals surface area contributed by atoms with E-state index in [1.54, 1.807) is 0 Å². The number of nitrogens with one attached hydrogen (secondary N) is 1. The maximum Gasteiger partial charge on any atom is 0.258 e. The number of rotatable bonds is 8. The molecule has 4 aromatic carbocycles. The summed E-state index contributed by atoms with van der Waals surface area (Å²) in [4.78, 5) is 15.8. The van der Waals surface area contributed by atoms with Crippen LogP contribution in [0.3, 0.4) is 0 Å². The van der Waals surface area contributed by atoms with Gasteiger partial charge >= 0.3 is 0 Å². The zero-order chi connectivity index (χ0) is 24.1. The summed E-state index contributed by atoms with van der Waals surface area (Å²) in [6.07, 6.45) is 1.52. The highest BCUT2D eigenvalue weighted by molar-refractivity contribution is 6.02. The molecule has 1 unspecified atom stereocenters. The van der Waals surface area contributed by atoms with Crippen molar-refractivity contribution in [2.45, 2.75) is 32.0 Å². The van der Waals surface area contributed by atoms with Gasteiger partial charge in [0.1, 0.15) is 18.0 Å². The van der Waals surface area contributed by atoms with Crippen LogP contribution in [0.25, 0.3) is 0 Å². The molecule has 1 aliphatic heterocycles. The SMILES string of the molecule is CCC1(c2ccc(OCc3ccccc3)cc2)Nc2ccccc2C(=O)N1CCc1ccccc1. The Bertz CT molecular complexity index is 1270. The zero-order valence-electron chi connectivity index (χ0n) is 20.0. The van der Waals surface area contributed by atoms with Crippen molar-refractivity contribution in [3.05, 3.63) is 131 Å². The van der Waals surface area contributed by atoms with Gasteiger partial charge in [0.25, 0.3) is 5.91 Å². The molecule has 1 N–H and O–H groups in total. The second kappa shape index (κ2) is 10.1. The first-order chi connectivity index (χ1) is 17.2. The minimum Gasteiger partial charge on any atom is -0.489 e. The Hall–Kier alpha value is -4.05. The standard InChI is InChI=1S/C31H30N2O2/c1-2-31(26-17-19-27(20-18-26)35-23-25-13-7-4-8-14-25)32-29-16-10-9-15-28(29)30(34)33(31)22-21-24-11-5-3-6-12-24/h3-20,32H,2,21-23H2,1H3. The molecule has 4 heteroatoms. The van der Waals surface area contributed by atoms with Gasteiger partial charge in [-0.15, -0.1) is 0 Å². The highest BCUT2D eigenvalue weighted by Gasteiger charge is 2.44. The molecule has 0 saturated carbocycles. The fourth-order valence-corrected chi connectivity index (χ4v) is 4.84. The van der Waals surface area contributed by atoms with Crippen molar-refractivity contribution in [2.24, 2.45) is 0 Å². The molecule has 0 radical (unpaired) electrons. The van der Waals surface area contributed by atoms with E-state index in [2.05, 4.69) is 48.6 Å². The second-order valence-corrected chi connectivity index (χ2v) is 8.88. The number of amides is 1. The molecule has 4 aromatic rings. The Morgan fingerprint density at radius 3 is 2.09 bits per heavy atom. The maximum absolute atomic E-state index is 13.8. The van der Waals surface area contributed by atoms with Crippen LogP contribution in [0, 0.1) is 0 Å². The highest BCUT2D eigenvalue weighted by atomic mass is 16.5. The van der Waals surface area contributed by atoms with Crippen LogP contribution >= 0.6 is 0 Å². The van der Waals surface area contributed by atoms with Gasteiger partial charge in [-0.1, -0.05) is 91.9 Å². The van der Waals surface area contributed by atoms with E-state index < -0.39 is 5.66 Å². The van der Waals surface area contributed by atoms with Crippen LogP contribution in [0.4, 0.5) is 5.69 Å². The van der Waals surface area contributed by atoms with E-state index in [-0.39, 0.29) is 5.91 Å². The smallest absolute Gasteiger partial charge is 0.258 e. The minimum atomic E-state index is -0.641.